The maximum Gasteiger partial charge on any atom is 0.410 e. The third-order valence-electron chi connectivity index (χ3n) is 3.20. The Bertz CT molecular complexity index is 408. The lowest BCUT2D eigenvalue weighted by molar-refractivity contribution is -0.148. The van der Waals surface area contributed by atoms with Crippen molar-refractivity contribution in [3.05, 3.63) is 0 Å². The van der Waals surface area contributed by atoms with Crippen LogP contribution in [-0.2, 0) is 19.0 Å². The normalized spacial score (nSPS) is 33.0. The monoisotopic (exact) mass is 289 g/mol. The summed E-state index contributed by atoms with van der Waals surface area (Å²) >= 11 is 0. The van der Waals surface area contributed by atoms with E-state index in [9.17, 15) is 14.0 Å². The van der Waals surface area contributed by atoms with Gasteiger partial charge in [0.25, 0.3) is 0 Å². The predicted molar refractivity (Wildman–Crippen MR) is 66.9 cm³/mol. The summed E-state index contributed by atoms with van der Waals surface area (Å²) in [5.41, 5.74) is -0.669. The summed E-state index contributed by atoms with van der Waals surface area (Å²) in [6.07, 6.45) is -3.32. The van der Waals surface area contributed by atoms with Crippen molar-refractivity contribution in [2.45, 2.75) is 57.7 Å². The third kappa shape index (κ3) is 3.03. The van der Waals surface area contributed by atoms with Crippen LogP contribution in [0.5, 0.6) is 0 Å². The number of esters is 1. The number of hydrogen-bond acceptors (Lipinski definition) is 5. The molecule has 2 heterocycles. The second kappa shape index (κ2) is 5.20. The summed E-state index contributed by atoms with van der Waals surface area (Å²) in [7, 11) is 0. The first-order valence-electron chi connectivity index (χ1n) is 6.61. The Balaban J connectivity index is 2.12. The van der Waals surface area contributed by atoms with Crippen LogP contribution in [0.3, 0.4) is 0 Å². The van der Waals surface area contributed by atoms with Crippen molar-refractivity contribution in [2.24, 2.45) is 0 Å². The Labute approximate surface area is 117 Å². The number of carbonyl (C=O) groups excluding carboxylic acids is 2. The van der Waals surface area contributed by atoms with Gasteiger partial charge in [0.15, 0.2) is 0 Å². The molecule has 2 fully saturated rings. The topological polar surface area (TPSA) is 65.1 Å². The fraction of sp³-hybridized carbons (Fsp3) is 0.846. The molecule has 7 heteroatoms. The average molecular weight is 289 g/mol. The molecule has 2 rings (SSSR count). The number of ether oxygens (including phenoxy) is 3. The van der Waals surface area contributed by atoms with Gasteiger partial charge in [0.05, 0.1) is 13.2 Å². The molecule has 0 saturated carbocycles. The van der Waals surface area contributed by atoms with E-state index in [0.29, 0.717) is 0 Å². The average Bonchev–Trinajstić information content (AvgIpc) is 2.79. The number of carbonyl (C=O) groups is 2. The summed E-state index contributed by atoms with van der Waals surface area (Å²) in [6, 6.07) is -0.622. The molecule has 0 aromatic rings. The summed E-state index contributed by atoms with van der Waals surface area (Å²) in [4.78, 5) is 24.5. The maximum absolute atomic E-state index is 13.9. The van der Waals surface area contributed by atoms with Crippen LogP contribution in [0, 0.1) is 0 Å². The molecule has 20 heavy (non-hydrogen) atoms. The zero-order valence-corrected chi connectivity index (χ0v) is 12.1. The maximum atomic E-state index is 13.9. The van der Waals surface area contributed by atoms with Crippen molar-refractivity contribution < 1.29 is 28.2 Å². The van der Waals surface area contributed by atoms with Crippen molar-refractivity contribution in [2.75, 3.05) is 13.2 Å². The number of nitrogens with zero attached hydrogens (tertiary/aromatic N) is 1. The zero-order chi connectivity index (χ0) is 15.1. The van der Waals surface area contributed by atoms with Crippen LogP contribution in [0.4, 0.5) is 9.18 Å². The molecule has 2 aliphatic rings. The highest BCUT2D eigenvalue weighted by Gasteiger charge is 2.55. The van der Waals surface area contributed by atoms with Crippen LogP contribution in [0.2, 0.25) is 0 Å². The molecule has 4 atom stereocenters. The second-order valence-corrected chi connectivity index (χ2v) is 6.09. The number of likely N-dealkylation sites (tertiary alicyclic amines) is 1. The van der Waals surface area contributed by atoms with Crippen LogP contribution >= 0.6 is 0 Å². The molecule has 0 spiro atoms. The molecule has 0 bridgehead atoms. The van der Waals surface area contributed by atoms with E-state index in [4.69, 9.17) is 14.2 Å². The van der Waals surface area contributed by atoms with Crippen molar-refractivity contribution >= 4 is 12.1 Å². The van der Waals surface area contributed by atoms with Crippen LogP contribution in [0.15, 0.2) is 0 Å². The molecule has 114 valence electrons. The van der Waals surface area contributed by atoms with Crippen LogP contribution in [0.1, 0.15) is 27.7 Å². The van der Waals surface area contributed by atoms with E-state index >= 15 is 0 Å². The minimum atomic E-state index is -1.30. The van der Waals surface area contributed by atoms with Gasteiger partial charge in [0.1, 0.15) is 30.0 Å². The molecular formula is C13H20FNO5. The number of alkyl halides is 1. The first kappa shape index (κ1) is 15.0. The Morgan fingerprint density at radius 1 is 1.35 bits per heavy atom. The van der Waals surface area contributed by atoms with Crippen molar-refractivity contribution in [1.29, 1.82) is 0 Å². The van der Waals surface area contributed by atoms with Crippen LogP contribution in [-0.4, -0.2) is 60.1 Å². The number of halogens is 1. The Hall–Kier alpha value is -1.37. The number of hydrogen-bond donors (Lipinski definition) is 0. The molecular weight excluding hydrogens is 269 g/mol. The molecule has 6 nitrogen and oxygen atoms in total. The SMILES string of the molecule is CC(=O)OC1COC2C(F)CN(C(=O)OC(C)(C)C)C12. The highest BCUT2D eigenvalue weighted by molar-refractivity contribution is 5.70. The predicted octanol–water partition coefficient (Wildman–Crippen LogP) is 1.27. The second-order valence-electron chi connectivity index (χ2n) is 6.09. The van der Waals surface area contributed by atoms with Crippen LogP contribution in [0.25, 0.3) is 0 Å². The van der Waals surface area contributed by atoms with E-state index in [1.807, 2.05) is 0 Å². The van der Waals surface area contributed by atoms with Gasteiger partial charge in [-0.25, -0.2) is 9.18 Å². The molecule has 4 unspecified atom stereocenters. The minimum Gasteiger partial charge on any atom is -0.458 e. The van der Waals surface area contributed by atoms with Gasteiger partial charge in [-0.15, -0.1) is 0 Å². The van der Waals surface area contributed by atoms with Crippen LogP contribution < -0.4 is 0 Å². The van der Waals surface area contributed by atoms with Crippen molar-refractivity contribution in [3.63, 3.8) is 0 Å². The Morgan fingerprint density at radius 2 is 2.00 bits per heavy atom. The van der Waals surface area contributed by atoms with E-state index in [2.05, 4.69) is 0 Å². The lowest BCUT2D eigenvalue weighted by Gasteiger charge is -2.29. The fourth-order valence-electron chi connectivity index (χ4n) is 2.56. The van der Waals surface area contributed by atoms with Gasteiger partial charge in [-0.3, -0.25) is 9.69 Å². The van der Waals surface area contributed by atoms with E-state index in [1.54, 1.807) is 20.8 Å². The van der Waals surface area contributed by atoms with Gasteiger partial charge in [-0.2, -0.15) is 0 Å². The quantitative estimate of drug-likeness (QED) is 0.680. The zero-order valence-electron chi connectivity index (χ0n) is 12.1. The van der Waals surface area contributed by atoms with Crippen molar-refractivity contribution in [1.82, 2.24) is 4.90 Å². The molecule has 0 aromatic heterocycles. The highest BCUT2D eigenvalue weighted by atomic mass is 19.1. The Morgan fingerprint density at radius 3 is 2.55 bits per heavy atom. The summed E-state index contributed by atoms with van der Waals surface area (Å²) < 4.78 is 29.6. The van der Waals surface area contributed by atoms with Gasteiger partial charge >= 0.3 is 12.1 Å². The molecule has 0 N–H and O–H groups in total. The van der Waals surface area contributed by atoms with Gasteiger partial charge < -0.3 is 14.2 Å². The minimum absolute atomic E-state index is 0.0919. The molecule has 0 aromatic carbocycles. The van der Waals surface area contributed by atoms with E-state index in [1.165, 1.54) is 11.8 Å². The lowest BCUT2D eigenvalue weighted by Crippen LogP contribution is -2.47. The molecule has 1 amide bonds. The summed E-state index contributed by atoms with van der Waals surface area (Å²) in [5.74, 6) is -0.481. The first-order chi connectivity index (χ1) is 9.19. The standard InChI is InChI=1S/C13H20FNO5/c1-7(16)19-9-6-18-11-8(14)5-15(10(9)11)12(17)20-13(2,3)4/h8-11H,5-6H2,1-4H3. The van der Waals surface area contributed by atoms with E-state index in [-0.39, 0.29) is 13.2 Å². The Kier molecular flexibility index (Phi) is 3.90. The fourth-order valence-corrected chi connectivity index (χ4v) is 2.56. The smallest absolute Gasteiger partial charge is 0.410 e. The van der Waals surface area contributed by atoms with Gasteiger partial charge in [0.2, 0.25) is 0 Å². The summed E-state index contributed by atoms with van der Waals surface area (Å²) in [5, 5.41) is 0. The van der Waals surface area contributed by atoms with Crippen molar-refractivity contribution in [3.8, 4) is 0 Å². The van der Waals surface area contributed by atoms with E-state index in [0.717, 1.165) is 0 Å². The third-order valence-corrected chi connectivity index (χ3v) is 3.20. The van der Waals surface area contributed by atoms with E-state index < -0.39 is 42.1 Å². The number of amides is 1. The van der Waals surface area contributed by atoms with Gasteiger partial charge in [-0.05, 0) is 20.8 Å². The number of fused-ring (bicyclic) bond motifs is 1. The first-order valence-corrected chi connectivity index (χ1v) is 6.61. The molecule has 0 aliphatic carbocycles. The van der Waals surface area contributed by atoms with Gasteiger partial charge in [0, 0.05) is 6.92 Å². The summed E-state index contributed by atoms with van der Waals surface area (Å²) in [6.45, 7) is 6.46. The van der Waals surface area contributed by atoms with Gasteiger partial charge in [-0.1, -0.05) is 0 Å². The molecule has 0 radical (unpaired) electrons. The molecule has 2 saturated heterocycles. The molecule has 2 aliphatic heterocycles. The number of rotatable bonds is 1. The lowest BCUT2D eigenvalue weighted by atomic mass is 10.1. The largest absolute Gasteiger partial charge is 0.458 e. The highest BCUT2D eigenvalue weighted by Crippen LogP contribution is 2.34.